The van der Waals surface area contributed by atoms with Crippen molar-refractivity contribution < 1.29 is 10.2 Å². The summed E-state index contributed by atoms with van der Waals surface area (Å²) in [5, 5.41) is 21.8. The van der Waals surface area contributed by atoms with Crippen molar-refractivity contribution in [3.05, 3.63) is 106 Å². The summed E-state index contributed by atoms with van der Waals surface area (Å²) in [5.41, 5.74) is 5.23. The fourth-order valence-electron chi connectivity index (χ4n) is 3.94. The van der Waals surface area contributed by atoms with Crippen LogP contribution >= 0.6 is 11.6 Å². The molecular weight excluding hydrogens is 432 g/mol. The van der Waals surface area contributed by atoms with E-state index in [9.17, 15) is 10.2 Å². The molecule has 4 aromatic rings. The zero-order valence-electron chi connectivity index (χ0n) is 18.7. The molecule has 1 atom stereocenters. The molecule has 0 saturated carbocycles. The van der Waals surface area contributed by atoms with Crippen LogP contribution in [0.3, 0.4) is 0 Å². The molecule has 4 rings (SSSR count). The molecule has 2 N–H and O–H groups in total. The van der Waals surface area contributed by atoms with Crippen LogP contribution in [0.5, 0.6) is 0 Å². The third-order valence-corrected chi connectivity index (χ3v) is 5.84. The number of nitrogens with zero attached hydrogens (tertiary/aromatic N) is 2. The average molecular weight is 459 g/mol. The predicted molar refractivity (Wildman–Crippen MR) is 135 cm³/mol. The molecule has 168 valence electrons. The molecule has 33 heavy (non-hydrogen) atoms. The summed E-state index contributed by atoms with van der Waals surface area (Å²) in [4.78, 5) is 8.87. The molecule has 0 spiro atoms. The van der Waals surface area contributed by atoms with Gasteiger partial charge < -0.3 is 10.2 Å². The van der Waals surface area contributed by atoms with E-state index in [1.807, 2.05) is 72.8 Å². The van der Waals surface area contributed by atoms with Crippen LogP contribution in [0, 0.1) is 0 Å². The molecule has 0 aliphatic rings. The van der Waals surface area contributed by atoms with E-state index < -0.39 is 11.7 Å². The topological polar surface area (TPSA) is 66.2 Å². The van der Waals surface area contributed by atoms with Crippen LogP contribution in [-0.2, 0) is 12.0 Å². The fraction of sp³-hybridized carbons (Fsp3) is 0.214. The Balaban J connectivity index is 1.47. The molecule has 0 unspecified atom stereocenters. The Morgan fingerprint density at radius 2 is 1.79 bits per heavy atom. The number of fused-ring (bicyclic) bond motifs is 1. The van der Waals surface area contributed by atoms with Crippen LogP contribution in [0.4, 0.5) is 0 Å². The minimum Gasteiger partial charge on any atom is -0.388 e. The summed E-state index contributed by atoms with van der Waals surface area (Å²) in [6, 6.07) is 21.4. The first-order valence-electron chi connectivity index (χ1n) is 11.0. The summed E-state index contributed by atoms with van der Waals surface area (Å²) >= 11 is 6.03. The van der Waals surface area contributed by atoms with Crippen molar-refractivity contribution in [2.75, 3.05) is 0 Å². The van der Waals surface area contributed by atoms with Crippen molar-refractivity contribution >= 4 is 34.8 Å². The summed E-state index contributed by atoms with van der Waals surface area (Å²) in [6.07, 6.45) is 6.18. The highest BCUT2D eigenvalue weighted by Crippen LogP contribution is 2.27. The molecule has 5 heteroatoms. The molecular formula is C28H27ClN2O2. The lowest BCUT2D eigenvalue weighted by Crippen LogP contribution is -2.18. The molecule has 0 bridgehead atoms. The van der Waals surface area contributed by atoms with E-state index in [0.29, 0.717) is 17.9 Å². The molecule has 0 aliphatic heterocycles. The van der Waals surface area contributed by atoms with Crippen LogP contribution in [0.1, 0.15) is 54.3 Å². The number of aromatic nitrogens is 2. The highest BCUT2D eigenvalue weighted by Gasteiger charge is 2.20. The first-order chi connectivity index (χ1) is 15.8. The highest BCUT2D eigenvalue weighted by molar-refractivity contribution is 6.31. The largest absolute Gasteiger partial charge is 0.388 e. The van der Waals surface area contributed by atoms with E-state index in [0.717, 1.165) is 39.0 Å². The van der Waals surface area contributed by atoms with Gasteiger partial charge in [-0.1, -0.05) is 60.1 Å². The second-order valence-corrected chi connectivity index (χ2v) is 9.14. The minimum atomic E-state index is -0.912. The summed E-state index contributed by atoms with van der Waals surface area (Å²) in [6.45, 7) is 3.57. The smallest absolute Gasteiger partial charge is 0.0908 e. The van der Waals surface area contributed by atoms with Gasteiger partial charge >= 0.3 is 0 Å². The monoisotopic (exact) mass is 458 g/mol. The van der Waals surface area contributed by atoms with Gasteiger partial charge in [0.2, 0.25) is 0 Å². The highest BCUT2D eigenvalue weighted by atomic mass is 35.5. The van der Waals surface area contributed by atoms with Gasteiger partial charge in [0, 0.05) is 6.20 Å². The van der Waals surface area contributed by atoms with Crippen LogP contribution in [-0.4, -0.2) is 20.2 Å². The van der Waals surface area contributed by atoms with E-state index >= 15 is 0 Å². The molecule has 0 fully saturated rings. The van der Waals surface area contributed by atoms with Gasteiger partial charge in [0.1, 0.15) is 0 Å². The van der Waals surface area contributed by atoms with Gasteiger partial charge in [-0.15, -0.1) is 0 Å². The van der Waals surface area contributed by atoms with Gasteiger partial charge in [0.05, 0.1) is 33.5 Å². The number of benzene rings is 2. The third kappa shape index (κ3) is 5.85. The lowest BCUT2D eigenvalue weighted by molar-refractivity contribution is 0.0772. The fourth-order valence-corrected chi connectivity index (χ4v) is 4.09. The van der Waals surface area contributed by atoms with Crippen LogP contribution in [0.25, 0.3) is 23.2 Å². The van der Waals surface area contributed by atoms with Gasteiger partial charge in [-0.3, -0.25) is 4.98 Å². The molecule has 0 saturated heterocycles. The van der Waals surface area contributed by atoms with E-state index in [1.54, 1.807) is 26.1 Å². The number of halogens is 1. The second-order valence-electron chi connectivity index (χ2n) is 8.70. The molecule has 0 radical (unpaired) electrons. The van der Waals surface area contributed by atoms with Gasteiger partial charge in [0.25, 0.3) is 0 Å². The molecule has 2 heterocycles. The average Bonchev–Trinajstić information content (AvgIpc) is 2.80. The Morgan fingerprint density at radius 1 is 0.970 bits per heavy atom. The number of rotatable bonds is 7. The maximum atomic E-state index is 10.8. The van der Waals surface area contributed by atoms with Crippen molar-refractivity contribution in [3.8, 4) is 0 Å². The summed E-state index contributed by atoms with van der Waals surface area (Å²) < 4.78 is 0. The lowest BCUT2D eigenvalue weighted by Gasteiger charge is -2.22. The predicted octanol–water partition coefficient (Wildman–Crippen LogP) is 6.35. The van der Waals surface area contributed by atoms with E-state index in [1.165, 1.54) is 0 Å². The minimum absolute atomic E-state index is 0.558. The summed E-state index contributed by atoms with van der Waals surface area (Å²) in [7, 11) is 0. The van der Waals surface area contributed by atoms with Crippen molar-refractivity contribution in [1.29, 1.82) is 0 Å². The maximum Gasteiger partial charge on any atom is 0.0908 e. The molecule has 2 aromatic heterocycles. The van der Waals surface area contributed by atoms with Crippen molar-refractivity contribution in [2.45, 2.75) is 38.4 Å². The van der Waals surface area contributed by atoms with Crippen LogP contribution in [0.15, 0.2) is 72.9 Å². The van der Waals surface area contributed by atoms with E-state index in [4.69, 9.17) is 11.6 Å². The van der Waals surface area contributed by atoms with Crippen LogP contribution < -0.4 is 0 Å². The summed E-state index contributed by atoms with van der Waals surface area (Å²) in [5.74, 6) is 0. The van der Waals surface area contributed by atoms with Gasteiger partial charge in [-0.25, -0.2) is 4.98 Å². The van der Waals surface area contributed by atoms with Crippen LogP contribution in [0.2, 0.25) is 5.02 Å². The second kappa shape index (κ2) is 9.84. The van der Waals surface area contributed by atoms with Gasteiger partial charge in [-0.05, 0) is 79.3 Å². The molecule has 0 amide bonds. The number of hydrogen-bond acceptors (Lipinski definition) is 4. The quantitative estimate of drug-likeness (QED) is 0.338. The Labute approximate surface area is 199 Å². The zero-order chi connectivity index (χ0) is 23.4. The van der Waals surface area contributed by atoms with Gasteiger partial charge in [-0.2, -0.15) is 0 Å². The van der Waals surface area contributed by atoms with Crippen molar-refractivity contribution in [1.82, 2.24) is 9.97 Å². The number of pyridine rings is 2. The molecule has 4 nitrogen and oxygen atoms in total. The number of hydrogen-bond donors (Lipinski definition) is 2. The Kier molecular flexibility index (Phi) is 6.89. The number of aliphatic hydroxyl groups excluding tert-OH is 1. The van der Waals surface area contributed by atoms with Gasteiger partial charge in [0.15, 0.2) is 0 Å². The Morgan fingerprint density at radius 3 is 2.61 bits per heavy atom. The Hall–Kier alpha value is -3.05. The first-order valence-corrected chi connectivity index (χ1v) is 11.4. The molecule has 2 aromatic carbocycles. The number of aliphatic hydroxyl groups is 2. The van der Waals surface area contributed by atoms with Crippen molar-refractivity contribution in [2.24, 2.45) is 0 Å². The lowest BCUT2D eigenvalue weighted by atomic mass is 9.90. The van der Waals surface area contributed by atoms with E-state index in [2.05, 4.69) is 9.97 Å². The normalized spacial score (nSPS) is 13.0. The van der Waals surface area contributed by atoms with Crippen molar-refractivity contribution in [3.63, 3.8) is 0 Å². The molecule has 0 aliphatic carbocycles. The third-order valence-electron chi connectivity index (χ3n) is 5.63. The first kappa shape index (κ1) is 23.1. The number of aryl methyl sites for hydroxylation is 1. The van der Waals surface area contributed by atoms with E-state index in [-0.39, 0.29) is 0 Å². The Bertz CT molecular complexity index is 1290. The SMILES string of the molecule is CC(C)(O)c1ccccc1CC[C@H](O)c1cccc(/C=C/c2ccc3ncc(Cl)cc3n2)c1. The standard InChI is InChI=1S/C28H27ClN2O2/c1-28(2,33)24-9-4-3-7-20(24)11-15-27(32)21-8-5-6-19(16-21)10-12-23-13-14-25-26(31-23)17-22(29)18-30-25/h3-10,12-14,16-18,27,32-33H,11,15H2,1-2H3/b12-10+/t27-/m0/s1. The zero-order valence-corrected chi connectivity index (χ0v) is 19.5. The maximum absolute atomic E-state index is 10.8.